The molecule has 0 aliphatic rings. The van der Waals surface area contributed by atoms with Gasteiger partial charge in [-0.25, -0.2) is 0 Å². The molecular weight excluding hydrogens is 416 g/mol. The number of furan rings is 1. The fourth-order valence-electron chi connectivity index (χ4n) is 3.34. The Labute approximate surface area is 192 Å². The Hall–Kier alpha value is -4.33. The fraction of sp³-hybridized carbons (Fsp3) is 0.160. The number of nitrogens with zero attached hydrogens (tertiary/aromatic N) is 3. The van der Waals surface area contributed by atoms with E-state index in [1.807, 2.05) is 53.3 Å². The van der Waals surface area contributed by atoms with Crippen molar-refractivity contribution in [3.8, 4) is 0 Å². The van der Waals surface area contributed by atoms with Crippen molar-refractivity contribution in [2.75, 3.05) is 12.4 Å². The third-order valence-electron chi connectivity index (χ3n) is 5.10. The van der Waals surface area contributed by atoms with Gasteiger partial charge in [-0.05, 0) is 47.0 Å². The minimum absolute atomic E-state index is 0.275. The minimum Gasteiger partial charge on any atom is -0.459 e. The van der Waals surface area contributed by atoms with Gasteiger partial charge in [-0.3, -0.25) is 14.5 Å². The number of rotatable bonds is 8. The number of aromatic nitrogens is 2. The quantitative estimate of drug-likeness (QED) is 0.286. The predicted octanol–water partition coefficient (Wildman–Crippen LogP) is 3.64. The fourth-order valence-corrected chi connectivity index (χ4v) is 3.34. The smallest absolute Gasteiger partial charge is 0.291 e. The first-order valence-electron chi connectivity index (χ1n) is 10.6. The highest BCUT2D eigenvalue weighted by Gasteiger charge is 2.09. The van der Waals surface area contributed by atoms with Crippen LogP contribution in [0.1, 0.15) is 27.2 Å². The van der Waals surface area contributed by atoms with Gasteiger partial charge in [0.2, 0.25) is 0 Å². The summed E-state index contributed by atoms with van der Waals surface area (Å²) in [5.41, 5.74) is 4.16. The van der Waals surface area contributed by atoms with E-state index in [1.165, 1.54) is 17.4 Å². The zero-order valence-corrected chi connectivity index (χ0v) is 18.4. The van der Waals surface area contributed by atoms with Crippen LogP contribution in [0, 0.1) is 0 Å². The Morgan fingerprint density at radius 2 is 1.76 bits per heavy atom. The number of hydrogen-bond acceptors (Lipinski definition) is 4. The number of carbonyl (C=O) groups excluding carboxylic acids is 1. The van der Waals surface area contributed by atoms with Gasteiger partial charge in [-0.2, -0.15) is 5.10 Å². The Kier molecular flexibility index (Phi) is 7.17. The summed E-state index contributed by atoms with van der Waals surface area (Å²) < 4.78 is 7.02. The van der Waals surface area contributed by atoms with Crippen LogP contribution >= 0.6 is 0 Å². The molecule has 0 saturated carbocycles. The van der Waals surface area contributed by atoms with Crippen LogP contribution in [0.25, 0.3) is 0 Å². The second kappa shape index (κ2) is 10.8. The van der Waals surface area contributed by atoms with Crippen molar-refractivity contribution in [2.24, 2.45) is 4.99 Å². The summed E-state index contributed by atoms with van der Waals surface area (Å²) in [6, 6.07) is 21.2. The summed E-state index contributed by atoms with van der Waals surface area (Å²) in [6.45, 7) is 1.97. The van der Waals surface area contributed by atoms with Crippen molar-refractivity contribution < 1.29 is 9.21 Å². The number of aliphatic imine (C=N–C) groups is 1. The third-order valence-corrected chi connectivity index (χ3v) is 5.10. The van der Waals surface area contributed by atoms with E-state index in [2.05, 4.69) is 38.2 Å². The SMILES string of the molecule is CN=C(NCc1ccc(NC(=O)c2ccco2)cc1)NCc1ccccc1Cn1cccn1. The van der Waals surface area contributed by atoms with Crippen molar-refractivity contribution in [1.82, 2.24) is 20.4 Å². The molecule has 168 valence electrons. The standard InChI is InChI=1S/C25H26N6O2/c1-26-25(28-17-20-6-2-3-7-21(20)18-31-14-5-13-29-31)27-16-19-9-11-22(12-10-19)30-24(32)23-8-4-15-33-23/h2-15H,16-18H2,1H3,(H,30,32)(H2,26,27,28). The first-order valence-corrected chi connectivity index (χ1v) is 10.6. The lowest BCUT2D eigenvalue weighted by molar-refractivity contribution is 0.0996. The number of amides is 1. The maximum absolute atomic E-state index is 12.1. The van der Waals surface area contributed by atoms with Crippen LogP contribution < -0.4 is 16.0 Å². The van der Waals surface area contributed by atoms with E-state index in [-0.39, 0.29) is 11.7 Å². The van der Waals surface area contributed by atoms with Gasteiger partial charge in [0, 0.05) is 38.2 Å². The van der Waals surface area contributed by atoms with E-state index < -0.39 is 0 Å². The summed E-state index contributed by atoms with van der Waals surface area (Å²) in [5, 5.41) is 13.8. The molecule has 0 aliphatic carbocycles. The summed E-state index contributed by atoms with van der Waals surface area (Å²) in [6.07, 6.45) is 5.22. The highest BCUT2D eigenvalue weighted by molar-refractivity contribution is 6.02. The molecule has 8 heteroatoms. The molecule has 0 radical (unpaired) electrons. The lowest BCUT2D eigenvalue weighted by atomic mass is 10.1. The van der Waals surface area contributed by atoms with E-state index in [1.54, 1.807) is 25.4 Å². The second-order valence-electron chi connectivity index (χ2n) is 7.38. The van der Waals surface area contributed by atoms with Crippen LogP contribution in [0.15, 0.2) is 94.8 Å². The zero-order valence-electron chi connectivity index (χ0n) is 18.4. The van der Waals surface area contributed by atoms with Gasteiger partial charge in [0.15, 0.2) is 11.7 Å². The zero-order chi connectivity index (χ0) is 22.9. The van der Waals surface area contributed by atoms with Gasteiger partial charge >= 0.3 is 0 Å². The molecule has 2 heterocycles. The molecule has 33 heavy (non-hydrogen) atoms. The minimum atomic E-state index is -0.275. The number of anilines is 1. The number of benzene rings is 2. The highest BCUT2D eigenvalue weighted by Crippen LogP contribution is 2.12. The van der Waals surface area contributed by atoms with Gasteiger partial charge in [0.1, 0.15) is 0 Å². The molecule has 2 aromatic carbocycles. The average molecular weight is 443 g/mol. The Bertz CT molecular complexity index is 1180. The first-order chi connectivity index (χ1) is 16.2. The van der Waals surface area contributed by atoms with Gasteiger partial charge in [0.25, 0.3) is 5.91 Å². The van der Waals surface area contributed by atoms with Crippen LogP contribution in [0.4, 0.5) is 5.69 Å². The summed E-state index contributed by atoms with van der Waals surface area (Å²) >= 11 is 0. The number of guanidine groups is 1. The number of hydrogen-bond donors (Lipinski definition) is 3. The van der Waals surface area contributed by atoms with Crippen LogP contribution in [-0.4, -0.2) is 28.7 Å². The summed E-state index contributed by atoms with van der Waals surface area (Å²) in [5.74, 6) is 0.712. The van der Waals surface area contributed by atoms with Gasteiger partial charge in [0.05, 0.1) is 12.8 Å². The highest BCUT2D eigenvalue weighted by atomic mass is 16.3. The molecule has 0 bridgehead atoms. The van der Waals surface area contributed by atoms with Crippen molar-refractivity contribution in [2.45, 2.75) is 19.6 Å². The molecule has 0 atom stereocenters. The molecule has 4 aromatic rings. The molecule has 3 N–H and O–H groups in total. The topological polar surface area (TPSA) is 96.5 Å². The van der Waals surface area contributed by atoms with Crippen molar-refractivity contribution in [3.05, 3.63) is 108 Å². The molecule has 2 aromatic heterocycles. The Morgan fingerprint density at radius 3 is 2.45 bits per heavy atom. The molecule has 8 nitrogen and oxygen atoms in total. The number of carbonyl (C=O) groups is 1. The molecule has 4 rings (SSSR count). The first kappa shape index (κ1) is 21.9. The third kappa shape index (κ3) is 6.10. The van der Waals surface area contributed by atoms with E-state index in [9.17, 15) is 4.79 Å². The van der Waals surface area contributed by atoms with Crippen LogP contribution in [0.3, 0.4) is 0 Å². The normalized spacial score (nSPS) is 11.2. The molecule has 0 aliphatic heterocycles. The van der Waals surface area contributed by atoms with Gasteiger partial charge < -0.3 is 20.4 Å². The van der Waals surface area contributed by atoms with Crippen molar-refractivity contribution >= 4 is 17.6 Å². The molecule has 0 saturated heterocycles. The van der Waals surface area contributed by atoms with E-state index in [0.717, 1.165) is 12.1 Å². The number of nitrogens with one attached hydrogen (secondary N) is 3. The maximum Gasteiger partial charge on any atom is 0.291 e. The Morgan fingerprint density at radius 1 is 0.970 bits per heavy atom. The van der Waals surface area contributed by atoms with E-state index >= 15 is 0 Å². The lowest BCUT2D eigenvalue weighted by Gasteiger charge is -2.15. The van der Waals surface area contributed by atoms with Crippen LogP contribution in [0.5, 0.6) is 0 Å². The van der Waals surface area contributed by atoms with Crippen molar-refractivity contribution in [1.29, 1.82) is 0 Å². The van der Waals surface area contributed by atoms with Crippen LogP contribution in [-0.2, 0) is 19.6 Å². The maximum atomic E-state index is 12.1. The lowest BCUT2D eigenvalue weighted by Crippen LogP contribution is -2.36. The largest absolute Gasteiger partial charge is 0.459 e. The monoisotopic (exact) mass is 442 g/mol. The van der Waals surface area contributed by atoms with Gasteiger partial charge in [-0.1, -0.05) is 36.4 Å². The molecular formula is C25H26N6O2. The summed E-state index contributed by atoms with van der Waals surface area (Å²) in [4.78, 5) is 16.4. The average Bonchev–Trinajstić information content (AvgIpc) is 3.56. The molecule has 0 spiro atoms. The van der Waals surface area contributed by atoms with E-state index in [0.29, 0.717) is 24.7 Å². The van der Waals surface area contributed by atoms with Crippen LogP contribution in [0.2, 0.25) is 0 Å². The second-order valence-corrected chi connectivity index (χ2v) is 7.38. The molecule has 0 fully saturated rings. The van der Waals surface area contributed by atoms with E-state index in [4.69, 9.17) is 4.42 Å². The van der Waals surface area contributed by atoms with Gasteiger partial charge in [-0.15, -0.1) is 0 Å². The predicted molar refractivity (Wildman–Crippen MR) is 128 cm³/mol. The summed E-state index contributed by atoms with van der Waals surface area (Å²) in [7, 11) is 1.75. The Balaban J connectivity index is 1.28. The molecule has 1 amide bonds. The molecule has 0 unspecified atom stereocenters. The van der Waals surface area contributed by atoms with Crippen molar-refractivity contribution in [3.63, 3.8) is 0 Å².